The predicted octanol–water partition coefficient (Wildman–Crippen LogP) is -0.767. The Balaban J connectivity index is 0. The summed E-state index contributed by atoms with van der Waals surface area (Å²) in [5.74, 6) is 0. The minimum absolute atomic E-state index is 0. The Kier molecular flexibility index (Phi) is 19.9. The summed E-state index contributed by atoms with van der Waals surface area (Å²) in [7, 11) is 0. The van der Waals surface area contributed by atoms with E-state index < -0.39 is 16.8 Å². The van der Waals surface area contributed by atoms with Crippen LogP contribution in [0.2, 0.25) is 0 Å². The fourth-order valence-corrected chi connectivity index (χ4v) is 0. The topological polar surface area (TPSA) is 0 Å². The van der Waals surface area contributed by atoms with Gasteiger partial charge >= 0.3 is 27.7 Å². The standard InChI is InChI=1S/2B.Cr.Mo. The Morgan fingerprint density at radius 3 is 1.25 bits per heavy atom. The van der Waals surface area contributed by atoms with Gasteiger partial charge in [-0.1, -0.05) is 0 Å². The van der Waals surface area contributed by atoms with Gasteiger partial charge < -0.3 is 0 Å². The maximum absolute atomic E-state index is 4.76. The van der Waals surface area contributed by atoms with Crippen LogP contribution in [0.1, 0.15) is 0 Å². The first-order valence-electron chi connectivity index (χ1n) is 0.471. The van der Waals surface area contributed by atoms with Crippen molar-refractivity contribution in [1.29, 1.82) is 0 Å². The van der Waals surface area contributed by atoms with Crippen molar-refractivity contribution in [2.24, 2.45) is 0 Å². The normalized spacial score (nSPS) is 3.00. The third kappa shape index (κ3) is 10.1. The molecule has 0 saturated carbocycles. The van der Waals surface area contributed by atoms with Crippen molar-refractivity contribution >= 4 is 10.9 Å². The molecule has 0 nitrogen and oxygen atoms in total. The van der Waals surface area contributed by atoms with E-state index in [-0.39, 0.29) is 17.4 Å². The van der Waals surface area contributed by atoms with Crippen LogP contribution in [0.4, 0.5) is 0 Å². The number of hydrogen-bond donors (Lipinski definition) is 0. The molecule has 0 aromatic heterocycles. The Morgan fingerprint density at radius 1 is 1.25 bits per heavy atom. The van der Waals surface area contributed by atoms with Crippen LogP contribution < -0.4 is 0 Å². The van der Waals surface area contributed by atoms with Gasteiger partial charge in [-0.2, -0.15) is 0 Å². The first-order chi connectivity index (χ1) is 1.41. The maximum atomic E-state index is 4.76. The Morgan fingerprint density at radius 2 is 1.25 bits per heavy atom. The van der Waals surface area contributed by atoms with E-state index in [0.29, 0.717) is 0 Å². The Bertz CT molecular complexity index is 79.2. The molecule has 0 rings (SSSR count). The summed E-state index contributed by atoms with van der Waals surface area (Å²) >= 11 is -0.530. The zero-order valence-electron chi connectivity index (χ0n) is 1.97. The van der Waals surface area contributed by atoms with Crippen LogP contribution in [0, 0.1) is 0 Å². The van der Waals surface area contributed by atoms with E-state index in [0.717, 1.165) is 0 Å². The van der Waals surface area contributed by atoms with Gasteiger partial charge in [0, 0.05) is 17.4 Å². The molecule has 0 aromatic carbocycles. The third-order valence-electron chi connectivity index (χ3n) is 0. The molecule has 4 heavy (non-hydrogen) atoms. The largest absolute Gasteiger partial charge is 0 e. The fourth-order valence-electron chi connectivity index (χ4n) is 0. The summed E-state index contributed by atoms with van der Waals surface area (Å²) in [6, 6.07) is 0. The summed E-state index contributed by atoms with van der Waals surface area (Å²) < 4.78 is 0. The van der Waals surface area contributed by atoms with Gasteiger partial charge in [-0.15, -0.1) is 0 Å². The second-order valence-electron chi connectivity index (χ2n) is 0.136. The average molecular weight is 170 g/mol. The van der Waals surface area contributed by atoms with Crippen LogP contribution in [0.25, 0.3) is 0 Å². The van der Waals surface area contributed by atoms with Gasteiger partial charge in [0.1, 0.15) is 0 Å². The van der Waals surface area contributed by atoms with Crippen molar-refractivity contribution in [3.8, 4) is 0 Å². The van der Waals surface area contributed by atoms with E-state index >= 15 is 0 Å². The minimum Gasteiger partial charge on any atom is 0 e. The minimum atomic E-state index is -0.530. The van der Waals surface area contributed by atoms with Crippen molar-refractivity contribution in [1.82, 2.24) is 0 Å². The molecule has 0 aromatic rings. The van der Waals surface area contributed by atoms with Gasteiger partial charge in [-0.3, -0.25) is 0 Å². The monoisotopic (exact) mass is 172 g/mol. The molecule has 0 heterocycles. The zero-order chi connectivity index (χ0) is 2.71. The van der Waals surface area contributed by atoms with Crippen LogP contribution in [-0.4, -0.2) is 10.9 Å². The van der Waals surface area contributed by atoms with Crippen molar-refractivity contribution in [3.05, 3.63) is 0 Å². The summed E-state index contributed by atoms with van der Waals surface area (Å²) in [5, 5.41) is 0. The van der Waals surface area contributed by atoms with Gasteiger partial charge in [0.15, 0.2) is 0 Å². The quantitative estimate of drug-likeness (QED) is 0.418. The molecule has 0 aliphatic heterocycles. The molecular weight excluding hydrogens is 170 g/mol. The van der Waals surface area contributed by atoms with E-state index in [1.807, 2.05) is 0 Å². The van der Waals surface area contributed by atoms with Crippen molar-refractivity contribution < 1.29 is 34.1 Å². The smallest absolute Gasteiger partial charge is 0 e. The third-order valence-corrected chi connectivity index (χ3v) is 0. The van der Waals surface area contributed by atoms with Crippen molar-refractivity contribution in [2.75, 3.05) is 0 Å². The van der Waals surface area contributed by atoms with Gasteiger partial charge in [-0.05, 0) is 0 Å². The second-order valence-corrected chi connectivity index (χ2v) is 0.805. The Labute approximate surface area is 45.1 Å². The van der Waals surface area contributed by atoms with Crippen LogP contribution in [-0.2, 0) is 34.1 Å². The predicted molar refractivity (Wildman–Crippen MR) is 11.5 cm³/mol. The molecule has 0 aliphatic carbocycles. The molecule has 0 fully saturated rings. The van der Waals surface area contributed by atoms with E-state index in [2.05, 4.69) is 0 Å². The van der Waals surface area contributed by atoms with Gasteiger partial charge in [-0.25, -0.2) is 0 Å². The molecule has 0 bridgehead atoms. The summed E-state index contributed by atoms with van der Waals surface area (Å²) in [4.78, 5) is 0. The number of hydrogen-bond acceptors (Lipinski definition) is 0. The van der Waals surface area contributed by atoms with Crippen molar-refractivity contribution in [3.63, 3.8) is 0 Å². The first kappa shape index (κ1) is 9.02. The Hall–Kier alpha value is 1.35. The maximum Gasteiger partial charge on any atom is 0 e. The van der Waals surface area contributed by atoms with Crippen molar-refractivity contribution in [2.45, 2.75) is 0 Å². The molecule has 4 heteroatoms. The van der Waals surface area contributed by atoms with Gasteiger partial charge in [0.05, 0.1) is 0 Å². The first-order valence-corrected chi connectivity index (χ1v) is 2.79. The number of rotatable bonds is 0. The van der Waals surface area contributed by atoms with Crippen LogP contribution in [0.15, 0.2) is 0 Å². The molecule has 0 N–H and O–H groups in total. The van der Waals surface area contributed by atoms with E-state index in [4.69, 9.17) is 10.9 Å². The zero-order valence-corrected chi connectivity index (χ0v) is 5.25. The molecule has 0 atom stereocenters. The fraction of sp³-hybridized carbons (Fsp3) is 0. The molecule has 0 spiro atoms. The molecular formula is B2CrMo. The molecule has 0 radical (unpaired) electrons. The van der Waals surface area contributed by atoms with E-state index in [1.54, 1.807) is 0 Å². The molecule has 18 valence electrons. The SMILES string of the molecule is [B]#[Mo]#[B].[Cr]. The average Bonchev–Trinajstić information content (AvgIpc) is 0.918. The summed E-state index contributed by atoms with van der Waals surface area (Å²) in [5.41, 5.74) is 9.51. The molecule has 0 aliphatic rings. The summed E-state index contributed by atoms with van der Waals surface area (Å²) in [6.07, 6.45) is 0. The van der Waals surface area contributed by atoms with E-state index in [1.165, 1.54) is 0 Å². The second kappa shape index (κ2) is 8.84. The summed E-state index contributed by atoms with van der Waals surface area (Å²) in [6.45, 7) is 0. The van der Waals surface area contributed by atoms with Crippen LogP contribution in [0.5, 0.6) is 0 Å². The van der Waals surface area contributed by atoms with Crippen LogP contribution in [0.3, 0.4) is 0 Å². The van der Waals surface area contributed by atoms with E-state index in [9.17, 15) is 0 Å². The molecule has 0 amide bonds. The molecule has 0 saturated heterocycles. The van der Waals surface area contributed by atoms with Gasteiger partial charge in [0.25, 0.3) is 0 Å². The van der Waals surface area contributed by atoms with Crippen LogP contribution >= 0.6 is 0 Å². The molecule has 0 unspecified atom stereocenters. The van der Waals surface area contributed by atoms with Gasteiger partial charge in [0.2, 0.25) is 0 Å².